The van der Waals surface area contributed by atoms with Gasteiger partial charge in [0, 0.05) is 22.0 Å². The lowest BCUT2D eigenvalue weighted by Gasteiger charge is -2.32. The number of hydrogen-bond acceptors (Lipinski definition) is 5. The van der Waals surface area contributed by atoms with Crippen LogP contribution < -0.4 is 9.62 Å². The van der Waals surface area contributed by atoms with Crippen molar-refractivity contribution in [1.29, 1.82) is 0 Å². The van der Waals surface area contributed by atoms with Gasteiger partial charge in [-0.1, -0.05) is 52.7 Å². The van der Waals surface area contributed by atoms with Gasteiger partial charge in [-0.3, -0.25) is 13.9 Å². The number of nitrogens with one attached hydrogen (secondary N) is 1. The summed E-state index contributed by atoms with van der Waals surface area (Å²) in [6.45, 7) is 7.13. The molecular formula is C30H36BrN3O4S2. The van der Waals surface area contributed by atoms with Crippen LogP contribution in [0.2, 0.25) is 0 Å². The van der Waals surface area contributed by atoms with Crippen molar-refractivity contribution in [2.24, 2.45) is 0 Å². The summed E-state index contributed by atoms with van der Waals surface area (Å²) >= 11 is 4.94. The molecule has 7 nitrogen and oxygen atoms in total. The topological polar surface area (TPSA) is 86.8 Å². The first-order valence-electron chi connectivity index (χ1n) is 13.0. The molecule has 3 rings (SSSR count). The first-order chi connectivity index (χ1) is 19.0. The lowest BCUT2D eigenvalue weighted by molar-refractivity contribution is -0.139. The molecule has 10 heteroatoms. The number of thioether (sulfide) groups is 1. The van der Waals surface area contributed by atoms with Crippen LogP contribution in [0.4, 0.5) is 5.69 Å². The van der Waals surface area contributed by atoms with Crippen LogP contribution in [0.3, 0.4) is 0 Å². The third kappa shape index (κ3) is 8.11. The maximum absolute atomic E-state index is 14.0. The van der Waals surface area contributed by atoms with E-state index in [1.54, 1.807) is 55.5 Å². The highest BCUT2D eigenvalue weighted by molar-refractivity contribution is 9.10. The Kier molecular flexibility index (Phi) is 11.2. The predicted molar refractivity (Wildman–Crippen MR) is 166 cm³/mol. The quantitative estimate of drug-likeness (QED) is 0.244. The van der Waals surface area contributed by atoms with E-state index in [-0.39, 0.29) is 23.4 Å². The van der Waals surface area contributed by atoms with Crippen LogP contribution in [0.15, 0.2) is 87.1 Å². The number of nitrogens with zero attached hydrogens (tertiary/aromatic N) is 2. The standard InChI is InChI=1S/C30H36BrN3O4S2/c1-6-22(3)32-30(36)23(4)33(19-24-9-11-25(31)12-10-24)29(35)20-34(26-13-7-21(2)8-14-26)40(37,38)28-17-15-27(39-5)16-18-28/h7-18,22-23H,6,19-20H2,1-5H3,(H,32,36)/t22-,23+/m1/s1. The third-order valence-electron chi connectivity index (χ3n) is 6.68. The zero-order chi connectivity index (χ0) is 29.4. The largest absolute Gasteiger partial charge is 0.352 e. The number of carbonyl (C=O) groups excluding carboxylic acids is 2. The number of anilines is 1. The number of aryl methyl sites for hydroxylation is 1. The van der Waals surface area contributed by atoms with Gasteiger partial charge < -0.3 is 10.2 Å². The maximum atomic E-state index is 14.0. The molecule has 3 aromatic carbocycles. The fraction of sp³-hybridized carbons (Fsp3) is 0.333. The van der Waals surface area contributed by atoms with E-state index in [9.17, 15) is 18.0 Å². The van der Waals surface area contributed by atoms with Crippen LogP contribution >= 0.6 is 27.7 Å². The second-order valence-electron chi connectivity index (χ2n) is 9.66. The minimum absolute atomic E-state index is 0.0618. The highest BCUT2D eigenvalue weighted by Crippen LogP contribution is 2.26. The minimum Gasteiger partial charge on any atom is -0.352 e. The summed E-state index contributed by atoms with van der Waals surface area (Å²) in [5.74, 6) is -0.781. The average Bonchev–Trinajstić information content (AvgIpc) is 2.95. The van der Waals surface area contributed by atoms with Crippen LogP contribution in [0, 0.1) is 6.92 Å². The predicted octanol–water partition coefficient (Wildman–Crippen LogP) is 6.01. The monoisotopic (exact) mass is 645 g/mol. The molecule has 2 atom stereocenters. The first-order valence-corrected chi connectivity index (χ1v) is 16.5. The molecule has 0 bridgehead atoms. The molecule has 0 saturated heterocycles. The summed E-state index contributed by atoms with van der Waals surface area (Å²) in [7, 11) is -4.10. The lowest BCUT2D eigenvalue weighted by atomic mass is 10.1. The Balaban J connectivity index is 2.01. The van der Waals surface area contributed by atoms with Gasteiger partial charge in [-0.2, -0.15) is 0 Å². The second-order valence-corrected chi connectivity index (χ2v) is 13.3. The Morgan fingerprint density at radius 1 is 0.950 bits per heavy atom. The fourth-order valence-corrected chi connectivity index (χ4v) is 6.04. The van der Waals surface area contributed by atoms with Crippen LogP contribution in [-0.2, 0) is 26.2 Å². The van der Waals surface area contributed by atoms with Gasteiger partial charge in [0.2, 0.25) is 11.8 Å². The number of halogens is 1. The molecule has 40 heavy (non-hydrogen) atoms. The van der Waals surface area contributed by atoms with E-state index in [0.717, 1.165) is 31.2 Å². The van der Waals surface area contributed by atoms with Gasteiger partial charge in [-0.05, 0) is 87.5 Å². The van der Waals surface area contributed by atoms with Gasteiger partial charge in [0.1, 0.15) is 12.6 Å². The average molecular weight is 647 g/mol. The van der Waals surface area contributed by atoms with Crippen molar-refractivity contribution in [3.05, 3.63) is 88.4 Å². The number of amides is 2. The molecule has 2 amide bonds. The maximum Gasteiger partial charge on any atom is 0.264 e. The zero-order valence-corrected chi connectivity index (χ0v) is 26.6. The second kappa shape index (κ2) is 14.2. The third-order valence-corrected chi connectivity index (χ3v) is 9.74. The molecule has 1 N–H and O–H groups in total. The summed E-state index contributed by atoms with van der Waals surface area (Å²) in [6.07, 6.45) is 2.66. The van der Waals surface area contributed by atoms with Crippen molar-refractivity contribution < 1.29 is 18.0 Å². The van der Waals surface area contributed by atoms with Crippen molar-refractivity contribution in [1.82, 2.24) is 10.2 Å². The Bertz CT molecular complexity index is 1400. The molecule has 0 aliphatic rings. The minimum atomic E-state index is -4.10. The highest BCUT2D eigenvalue weighted by atomic mass is 79.9. The Labute approximate surface area is 250 Å². The molecule has 0 aromatic heterocycles. The van der Waals surface area contributed by atoms with E-state index in [1.165, 1.54) is 16.7 Å². The van der Waals surface area contributed by atoms with Crippen molar-refractivity contribution in [2.45, 2.75) is 62.5 Å². The molecule has 0 aliphatic heterocycles. The zero-order valence-electron chi connectivity index (χ0n) is 23.4. The fourth-order valence-electron chi connectivity index (χ4n) is 3.95. The molecule has 3 aromatic rings. The van der Waals surface area contributed by atoms with E-state index in [2.05, 4.69) is 21.2 Å². The van der Waals surface area contributed by atoms with E-state index in [4.69, 9.17) is 0 Å². The van der Waals surface area contributed by atoms with Gasteiger partial charge in [-0.15, -0.1) is 11.8 Å². The molecular weight excluding hydrogens is 610 g/mol. The Hall–Kier alpha value is -2.82. The molecule has 0 spiro atoms. The van der Waals surface area contributed by atoms with Crippen molar-refractivity contribution in [3.63, 3.8) is 0 Å². The SMILES string of the molecule is CC[C@@H](C)NC(=O)[C@H](C)N(Cc1ccc(Br)cc1)C(=O)CN(c1ccc(C)cc1)S(=O)(=O)c1ccc(SC)cc1. The normalized spacial score (nSPS) is 12.8. The molecule has 0 heterocycles. The van der Waals surface area contributed by atoms with Crippen molar-refractivity contribution in [2.75, 3.05) is 17.1 Å². The molecule has 214 valence electrons. The summed E-state index contributed by atoms with van der Waals surface area (Å²) < 4.78 is 29.9. The lowest BCUT2D eigenvalue weighted by Crippen LogP contribution is -2.52. The number of rotatable bonds is 12. The Morgan fingerprint density at radius 2 is 1.55 bits per heavy atom. The van der Waals surface area contributed by atoms with E-state index in [1.807, 2.05) is 51.3 Å². The van der Waals surface area contributed by atoms with Gasteiger partial charge in [0.05, 0.1) is 10.6 Å². The van der Waals surface area contributed by atoms with Gasteiger partial charge in [-0.25, -0.2) is 8.42 Å². The van der Waals surface area contributed by atoms with E-state index < -0.39 is 28.5 Å². The van der Waals surface area contributed by atoms with Crippen LogP contribution in [-0.4, -0.2) is 50.0 Å². The van der Waals surface area contributed by atoms with Gasteiger partial charge in [0.25, 0.3) is 10.0 Å². The number of benzene rings is 3. The highest BCUT2D eigenvalue weighted by Gasteiger charge is 2.32. The number of hydrogen-bond donors (Lipinski definition) is 1. The molecule has 0 fully saturated rings. The van der Waals surface area contributed by atoms with Gasteiger partial charge in [0.15, 0.2) is 0 Å². The smallest absolute Gasteiger partial charge is 0.264 e. The Morgan fingerprint density at radius 3 is 2.10 bits per heavy atom. The molecule has 0 saturated carbocycles. The summed E-state index contributed by atoms with van der Waals surface area (Å²) in [5.41, 5.74) is 2.15. The van der Waals surface area contributed by atoms with Crippen LogP contribution in [0.1, 0.15) is 38.3 Å². The number of sulfonamides is 1. The van der Waals surface area contributed by atoms with E-state index >= 15 is 0 Å². The summed E-state index contributed by atoms with van der Waals surface area (Å²) in [6, 6.07) is 20.2. The van der Waals surface area contributed by atoms with Crippen molar-refractivity contribution in [3.8, 4) is 0 Å². The van der Waals surface area contributed by atoms with Crippen LogP contribution in [0.5, 0.6) is 0 Å². The van der Waals surface area contributed by atoms with Crippen molar-refractivity contribution >= 4 is 55.2 Å². The summed E-state index contributed by atoms with van der Waals surface area (Å²) in [4.78, 5) is 29.6. The number of carbonyl (C=O) groups is 2. The van der Waals surface area contributed by atoms with Crippen LogP contribution in [0.25, 0.3) is 0 Å². The summed E-state index contributed by atoms with van der Waals surface area (Å²) in [5, 5.41) is 2.94. The molecule has 0 unspecified atom stereocenters. The molecule has 0 radical (unpaired) electrons. The first kappa shape index (κ1) is 31.7. The van der Waals surface area contributed by atoms with E-state index in [0.29, 0.717) is 5.69 Å². The van der Waals surface area contributed by atoms with Gasteiger partial charge >= 0.3 is 0 Å². The molecule has 0 aliphatic carbocycles.